The molecule has 0 aliphatic heterocycles. The first kappa shape index (κ1) is 10.7. The zero-order valence-corrected chi connectivity index (χ0v) is 9.85. The molecule has 0 amide bonds. The van der Waals surface area contributed by atoms with E-state index in [0.717, 1.165) is 9.92 Å². The fourth-order valence-corrected chi connectivity index (χ4v) is 2.39. The second kappa shape index (κ2) is 4.84. The molecule has 0 spiro atoms. The molecule has 0 N–H and O–H groups in total. The standard InChI is InChI=1S/C10H6Cl2N2S/c11-8-6-9(14-10(12)13-8)15-7-4-2-1-3-5-7/h1-6H. The Labute approximate surface area is 102 Å². The van der Waals surface area contributed by atoms with Gasteiger partial charge in [-0.15, -0.1) is 0 Å². The van der Waals surface area contributed by atoms with Crippen molar-refractivity contribution in [1.29, 1.82) is 0 Å². The molecule has 0 saturated heterocycles. The topological polar surface area (TPSA) is 25.8 Å². The van der Waals surface area contributed by atoms with Gasteiger partial charge >= 0.3 is 0 Å². The Bertz CT molecular complexity index is 442. The third-order valence-electron chi connectivity index (χ3n) is 1.61. The highest BCUT2D eigenvalue weighted by atomic mass is 35.5. The Morgan fingerprint density at radius 3 is 2.40 bits per heavy atom. The molecule has 1 aromatic heterocycles. The molecule has 0 aliphatic carbocycles. The Balaban J connectivity index is 2.25. The number of aromatic nitrogens is 2. The Kier molecular flexibility index (Phi) is 3.46. The lowest BCUT2D eigenvalue weighted by Crippen LogP contribution is -1.85. The van der Waals surface area contributed by atoms with Crippen LogP contribution in [0.15, 0.2) is 46.3 Å². The van der Waals surface area contributed by atoms with Crippen LogP contribution in [0.25, 0.3) is 0 Å². The third-order valence-corrected chi connectivity index (χ3v) is 2.90. The van der Waals surface area contributed by atoms with Gasteiger partial charge in [-0.2, -0.15) is 0 Å². The molecular weight excluding hydrogens is 251 g/mol. The highest BCUT2D eigenvalue weighted by Gasteiger charge is 2.02. The maximum atomic E-state index is 5.77. The minimum absolute atomic E-state index is 0.168. The summed E-state index contributed by atoms with van der Waals surface area (Å²) in [5.41, 5.74) is 0. The number of benzene rings is 1. The molecule has 0 radical (unpaired) electrons. The summed E-state index contributed by atoms with van der Waals surface area (Å²) in [6, 6.07) is 11.6. The van der Waals surface area contributed by atoms with E-state index in [1.54, 1.807) is 6.07 Å². The molecule has 1 aromatic carbocycles. The fraction of sp³-hybridized carbons (Fsp3) is 0. The van der Waals surface area contributed by atoms with Crippen molar-refractivity contribution in [1.82, 2.24) is 9.97 Å². The van der Waals surface area contributed by atoms with Crippen molar-refractivity contribution < 1.29 is 0 Å². The van der Waals surface area contributed by atoms with Crippen molar-refractivity contribution in [3.63, 3.8) is 0 Å². The SMILES string of the molecule is Clc1cc(Sc2ccccc2)nc(Cl)n1. The number of hydrogen-bond acceptors (Lipinski definition) is 3. The monoisotopic (exact) mass is 256 g/mol. The van der Waals surface area contributed by atoms with Gasteiger partial charge in [0, 0.05) is 11.0 Å². The van der Waals surface area contributed by atoms with Gasteiger partial charge in [0.25, 0.3) is 0 Å². The van der Waals surface area contributed by atoms with E-state index in [4.69, 9.17) is 23.2 Å². The Hall–Kier alpha value is -0.770. The molecule has 0 unspecified atom stereocenters. The van der Waals surface area contributed by atoms with Gasteiger partial charge in [-0.3, -0.25) is 0 Å². The lowest BCUT2D eigenvalue weighted by Gasteiger charge is -2.00. The number of halogens is 2. The summed E-state index contributed by atoms with van der Waals surface area (Å²) in [5, 5.41) is 1.26. The van der Waals surface area contributed by atoms with Crippen LogP contribution in [0.2, 0.25) is 10.4 Å². The zero-order valence-electron chi connectivity index (χ0n) is 7.52. The van der Waals surface area contributed by atoms with Crippen LogP contribution in [0.1, 0.15) is 0 Å². The lowest BCUT2D eigenvalue weighted by atomic mass is 10.4. The molecule has 76 valence electrons. The number of hydrogen-bond donors (Lipinski definition) is 0. The van der Waals surface area contributed by atoms with Gasteiger partial charge in [0.1, 0.15) is 10.2 Å². The molecule has 2 nitrogen and oxygen atoms in total. The van der Waals surface area contributed by atoms with Crippen molar-refractivity contribution in [3.8, 4) is 0 Å². The smallest absolute Gasteiger partial charge is 0.211 e. The van der Waals surface area contributed by atoms with Crippen LogP contribution >= 0.6 is 35.0 Å². The first-order valence-corrected chi connectivity index (χ1v) is 5.74. The molecule has 2 rings (SSSR count). The van der Waals surface area contributed by atoms with E-state index in [1.165, 1.54) is 11.8 Å². The fourth-order valence-electron chi connectivity index (χ4n) is 1.03. The van der Waals surface area contributed by atoms with Crippen molar-refractivity contribution in [2.45, 2.75) is 9.92 Å². The van der Waals surface area contributed by atoms with Crippen molar-refractivity contribution in [2.24, 2.45) is 0 Å². The van der Waals surface area contributed by atoms with Crippen molar-refractivity contribution >= 4 is 35.0 Å². The first-order chi connectivity index (χ1) is 7.24. The minimum Gasteiger partial charge on any atom is -0.211 e. The van der Waals surface area contributed by atoms with E-state index in [2.05, 4.69) is 9.97 Å². The summed E-state index contributed by atoms with van der Waals surface area (Å²) >= 11 is 13.0. The maximum Gasteiger partial charge on any atom is 0.224 e. The Morgan fingerprint density at radius 2 is 1.73 bits per heavy atom. The van der Waals surface area contributed by atoms with Gasteiger partial charge in [-0.1, -0.05) is 41.6 Å². The number of nitrogens with zero attached hydrogens (tertiary/aromatic N) is 2. The third kappa shape index (κ3) is 3.09. The molecule has 0 aliphatic rings. The largest absolute Gasteiger partial charge is 0.224 e. The molecule has 0 bridgehead atoms. The Morgan fingerprint density at radius 1 is 1.00 bits per heavy atom. The van der Waals surface area contributed by atoms with Crippen LogP contribution in [-0.4, -0.2) is 9.97 Å². The van der Waals surface area contributed by atoms with Crippen LogP contribution < -0.4 is 0 Å². The van der Waals surface area contributed by atoms with Gasteiger partial charge in [-0.05, 0) is 23.7 Å². The molecule has 5 heteroatoms. The maximum absolute atomic E-state index is 5.77. The summed E-state index contributed by atoms with van der Waals surface area (Å²) in [4.78, 5) is 8.93. The van der Waals surface area contributed by atoms with Gasteiger partial charge in [0.05, 0.1) is 0 Å². The van der Waals surface area contributed by atoms with Gasteiger partial charge < -0.3 is 0 Å². The van der Waals surface area contributed by atoms with Crippen LogP contribution in [0.4, 0.5) is 0 Å². The highest BCUT2D eigenvalue weighted by molar-refractivity contribution is 7.99. The van der Waals surface area contributed by atoms with E-state index in [9.17, 15) is 0 Å². The lowest BCUT2D eigenvalue weighted by molar-refractivity contribution is 1.05. The van der Waals surface area contributed by atoms with Crippen LogP contribution in [0, 0.1) is 0 Å². The molecule has 0 saturated carbocycles. The van der Waals surface area contributed by atoms with E-state index in [0.29, 0.717) is 5.15 Å². The molecule has 0 fully saturated rings. The second-order valence-corrected chi connectivity index (χ2v) is 4.53. The van der Waals surface area contributed by atoms with Gasteiger partial charge in [0.15, 0.2) is 0 Å². The quantitative estimate of drug-likeness (QED) is 0.602. The van der Waals surface area contributed by atoms with E-state index in [-0.39, 0.29) is 5.28 Å². The summed E-state index contributed by atoms with van der Waals surface area (Å²) in [6.45, 7) is 0. The molecule has 2 aromatic rings. The summed E-state index contributed by atoms with van der Waals surface area (Å²) in [6.07, 6.45) is 0. The van der Waals surface area contributed by atoms with Crippen LogP contribution in [-0.2, 0) is 0 Å². The highest BCUT2D eigenvalue weighted by Crippen LogP contribution is 2.27. The zero-order chi connectivity index (χ0) is 10.7. The van der Waals surface area contributed by atoms with Gasteiger partial charge in [-0.25, -0.2) is 9.97 Å². The predicted molar refractivity (Wildman–Crippen MR) is 62.6 cm³/mol. The first-order valence-electron chi connectivity index (χ1n) is 4.17. The predicted octanol–water partition coefficient (Wildman–Crippen LogP) is 3.93. The van der Waals surface area contributed by atoms with Crippen molar-refractivity contribution in [3.05, 3.63) is 46.8 Å². The number of rotatable bonds is 2. The average Bonchev–Trinajstić information content (AvgIpc) is 2.17. The summed E-state index contributed by atoms with van der Waals surface area (Å²) < 4.78 is 0. The summed E-state index contributed by atoms with van der Waals surface area (Å²) in [7, 11) is 0. The normalized spacial score (nSPS) is 10.3. The minimum atomic E-state index is 0.168. The molecule has 0 atom stereocenters. The van der Waals surface area contributed by atoms with Gasteiger partial charge in [0.2, 0.25) is 5.28 Å². The van der Waals surface area contributed by atoms with Crippen LogP contribution in [0.5, 0.6) is 0 Å². The average molecular weight is 257 g/mol. The summed E-state index contributed by atoms with van der Waals surface area (Å²) in [5.74, 6) is 0. The van der Waals surface area contributed by atoms with Crippen molar-refractivity contribution in [2.75, 3.05) is 0 Å². The van der Waals surface area contributed by atoms with Crippen LogP contribution in [0.3, 0.4) is 0 Å². The molecule has 15 heavy (non-hydrogen) atoms. The molecule has 1 heterocycles. The molecular formula is C10H6Cl2N2S. The van der Waals surface area contributed by atoms with E-state index < -0.39 is 0 Å². The second-order valence-electron chi connectivity index (χ2n) is 2.71. The van der Waals surface area contributed by atoms with E-state index >= 15 is 0 Å². The van der Waals surface area contributed by atoms with E-state index in [1.807, 2.05) is 30.3 Å².